The number of nitrogens with one attached hydrogen (secondary N) is 1. The Labute approximate surface area is 205 Å². The molecule has 2 aliphatic rings. The number of pyridine rings is 1. The SMILES string of the molecule is CCN(CC)c1ccc([C@H]2C3=C(C[C@@H](c4ccco4)CC3=O)Nc3ccc4ncccc4c32)cc1. The van der Waals surface area contributed by atoms with Gasteiger partial charge < -0.3 is 14.6 Å². The molecule has 1 N–H and O–H groups in total. The molecule has 0 fully saturated rings. The van der Waals surface area contributed by atoms with Gasteiger partial charge in [0.2, 0.25) is 0 Å². The van der Waals surface area contributed by atoms with Crippen molar-refractivity contribution in [3.63, 3.8) is 0 Å². The maximum atomic E-state index is 13.8. The third-order valence-electron chi connectivity index (χ3n) is 7.50. The molecule has 0 saturated carbocycles. The monoisotopic (exact) mass is 463 g/mol. The maximum Gasteiger partial charge on any atom is 0.162 e. The molecule has 2 atom stereocenters. The molecular formula is C30H29N3O2. The van der Waals surface area contributed by atoms with Crippen LogP contribution in [0.25, 0.3) is 10.9 Å². The van der Waals surface area contributed by atoms with Gasteiger partial charge in [-0.3, -0.25) is 9.78 Å². The van der Waals surface area contributed by atoms with Crippen LogP contribution in [0.15, 0.2) is 88.8 Å². The minimum Gasteiger partial charge on any atom is -0.469 e. The highest BCUT2D eigenvalue weighted by Gasteiger charge is 2.39. The van der Waals surface area contributed by atoms with Crippen molar-refractivity contribution in [1.29, 1.82) is 0 Å². The van der Waals surface area contributed by atoms with Gasteiger partial charge in [0, 0.05) is 65.6 Å². The van der Waals surface area contributed by atoms with Crippen molar-refractivity contribution in [2.45, 2.75) is 38.5 Å². The van der Waals surface area contributed by atoms with Gasteiger partial charge in [0.05, 0.1) is 11.8 Å². The zero-order valence-electron chi connectivity index (χ0n) is 20.1. The molecule has 0 radical (unpaired) electrons. The first kappa shape index (κ1) is 21.7. The number of rotatable bonds is 5. The number of fused-ring (bicyclic) bond motifs is 3. The highest BCUT2D eigenvalue weighted by Crippen LogP contribution is 2.50. The second-order valence-electron chi connectivity index (χ2n) is 9.35. The summed E-state index contributed by atoms with van der Waals surface area (Å²) in [6, 6.07) is 20.9. The van der Waals surface area contributed by atoms with E-state index in [0.29, 0.717) is 6.42 Å². The molecule has 0 unspecified atom stereocenters. The van der Waals surface area contributed by atoms with Crippen molar-refractivity contribution in [1.82, 2.24) is 4.98 Å². The standard InChI is InChI=1S/C30H29N3O2/c1-3-33(4-2)21-11-9-19(10-12-21)28-29-22-7-5-15-31-23(22)13-14-24(29)32-25-17-20(18-26(34)30(25)28)27-8-6-16-35-27/h5-16,20,28,32H,3-4,17-18H2,1-2H3/t20-,28-/m1/s1. The predicted molar refractivity (Wildman–Crippen MR) is 140 cm³/mol. The van der Waals surface area contributed by atoms with Crippen LogP contribution in [0.4, 0.5) is 11.4 Å². The number of hydrogen-bond donors (Lipinski definition) is 1. The van der Waals surface area contributed by atoms with Crippen LogP contribution in [0.3, 0.4) is 0 Å². The molecule has 1 aliphatic carbocycles. The van der Waals surface area contributed by atoms with Crippen LogP contribution in [0.5, 0.6) is 0 Å². The van der Waals surface area contributed by atoms with Crippen LogP contribution in [0, 0.1) is 0 Å². The lowest BCUT2D eigenvalue weighted by Gasteiger charge is -2.37. The molecule has 5 nitrogen and oxygen atoms in total. The molecule has 4 aromatic rings. The summed E-state index contributed by atoms with van der Waals surface area (Å²) in [7, 11) is 0. The fourth-order valence-corrected chi connectivity index (χ4v) is 5.81. The van der Waals surface area contributed by atoms with Gasteiger partial charge in [-0.2, -0.15) is 0 Å². The molecule has 5 heteroatoms. The van der Waals surface area contributed by atoms with Gasteiger partial charge in [-0.15, -0.1) is 0 Å². The van der Waals surface area contributed by atoms with Crippen LogP contribution in [0.1, 0.15) is 55.4 Å². The second-order valence-corrected chi connectivity index (χ2v) is 9.35. The number of carbonyl (C=O) groups is 1. The van der Waals surface area contributed by atoms with Crippen molar-refractivity contribution >= 4 is 28.1 Å². The molecule has 2 aromatic heterocycles. The molecule has 176 valence electrons. The number of benzene rings is 2. The van der Waals surface area contributed by atoms with E-state index < -0.39 is 0 Å². The summed E-state index contributed by atoms with van der Waals surface area (Å²) >= 11 is 0. The molecule has 3 heterocycles. The van der Waals surface area contributed by atoms with E-state index >= 15 is 0 Å². The molecule has 0 amide bonds. The lowest BCUT2D eigenvalue weighted by atomic mass is 9.72. The topological polar surface area (TPSA) is 58.4 Å². The quantitative estimate of drug-likeness (QED) is 0.360. The van der Waals surface area contributed by atoms with E-state index in [1.807, 2.05) is 24.4 Å². The molecule has 35 heavy (non-hydrogen) atoms. The third-order valence-corrected chi connectivity index (χ3v) is 7.50. The van der Waals surface area contributed by atoms with Gasteiger partial charge in [0.15, 0.2) is 5.78 Å². The van der Waals surface area contributed by atoms with E-state index in [0.717, 1.165) is 64.3 Å². The Kier molecular flexibility index (Phi) is 5.40. The largest absolute Gasteiger partial charge is 0.469 e. The van der Waals surface area contributed by atoms with Gasteiger partial charge in [-0.25, -0.2) is 0 Å². The molecule has 2 aromatic carbocycles. The summed E-state index contributed by atoms with van der Waals surface area (Å²) in [5, 5.41) is 4.73. The van der Waals surface area contributed by atoms with Gasteiger partial charge in [0.25, 0.3) is 0 Å². The van der Waals surface area contributed by atoms with Crippen molar-refractivity contribution in [2.75, 3.05) is 23.3 Å². The average Bonchev–Trinajstić information content (AvgIpc) is 3.44. The number of furan rings is 1. The average molecular weight is 464 g/mol. The number of hydrogen-bond acceptors (Lipinski definition) is 5. The number of ketones is 1. The summed E-state index contributed by atoms with van der Waals surface area (Å²) in [6.07, 6.45) is 4.73. The van der Waals surface area contributed by atoms with E-state index in [1.54, 1.807) is 6.26 Å². The summed E-state index contributed by atoms with van der Waals surface area (Å²) in [5.74, 6) is 0.980. The number of Topliss-reactive ketones (excluding diaryl/α,β-unsaturated/α-hetero) is 1. The van der Waals surface area contributed by atoms with Crippen molar-refractivity contribution in [3.8, 4) is 0 Å². The minimum atomic E-state index is -0.134. The summed E-state index contributed by atoms with van der Waals surface area (Å²) in [6.45, 7) is 6.27. The lowest BCUT2D eigenvalue weighted by Crippen LogP contribution is -2.30. The predicted octanol–water partition coefficient (Wildman–Crippen LogP) is 6.63. The zero-order valence-corrected chi connectivity index (χ0v) is 20.1. The first-order valence-corrected chi connectivity index (χ1v) is 12.5. The van der Waals surface area contributed by atoms with E-state index in [2.05, 4.69) is 71.5 Å². The Morgan fingerprint density at radius 2 is 1.83 bits per heavy atom. The molecule has 0 spiro atoms. The highest BCUT2D eigenvalue weighted by molar-refractivity contribution is 6.04. The molecule has 0 bridgehead atoms. The number of anilines is 2. The van der Waals surface area contributed by atoms with E-state index in [4.69, 9.17) is 4.42 Å². The Bertz CT molecular complexity index is 1420. The van der Waals surface area contributed by atoms with Gasteiger partial charge in [-0.05, 0) is 73.9 Å². The highest BCUT2D eigenvalue weighted by atomic mass is 16.3. The summed E-state index contributed by atoms with van der Waals surface area (Å²) < 4.78 is 5.68. The van der Waals surface area contributed by atoms with Gasteiger partial charge in [-0.1, -0.05) is 18.2 Å². The molecular weight excluding hydrogens is 434 g/mol. The Hall–Kier alpha value is -3.86. The number of nitrogens with zero attached hydrogens (tertiary/aromatic N) is 2. The van der Waals surface area contributed by atoms with Crippen LogP contribution in [0.2, 0.25) is 0 Å². The third kappa shape index (κ3) is 3.63. The van der Waals surface area contributed by atoms with Crippen molar-refractivity contribution in [2.24, 2.45) is 0 Å². The van der Waals surface area contributed by atoms with Crippen LogP contribution in [-0.4, -0.2) is 23.9 Å². The zero-order chi connectivity index (χ0) is 23.9. The van der Waals surface area contributed by atoms with Crippen LogP contribution >= 0.6 is 0 Å². The number of carbonyl (C=O) groups excluding carboxylic acids is 1. The van der Waals surface area contributed by atoms with Gasteiger partial charge in [0.1, 0.15) is 5.76 Å². The summed E-state index contributed by atoms with van der Waals surface area (Å²) in [5.41, 5.74) is 7.36. The van der Waals surface area contributed by atoms with Crippen LogP contribution in [-0.2, 0) is 4.79 Å². The van der Waals surface area contributed by atoms with Gasteiger partial charge >= 0.3 is 0 Å². The number of allylic oxidation sites excluding steroid dienone is 2. The number of aromatic nitrogens is 1. The molecule has 1 aliphatic heterocycles. The normalized spacial score (nSPS) is 19.3. The second kappa shape index (κ2) is 8.73. The fourth-order valence-electron chi connectivity index (χ4n) is 5.81. The fraction of sp³-hybridized carbons (Fsp3) is 0.267. The van der Waals surface area contributed by atoms with E-state index in [9.17, 15) is 4.79 Å². The van der Waals surface area contributed by atoms with Crippen molar-refractivity contribution in [3.05, 3.63) is 101 Å². The Morgan fingerprint density at radius 1 is 1.00 bits per heavy atom. The first-order valence-electron chi connectivity index (χ1n) is 12.5. The van der Waals surface area contributed by atoms with Crippen LogP contribution < -0.4 is 10.2 Å². The Morgan fingerprint density at radius 3 is 2.57 bits per heavy atom. The van der Waals surface area contributed by atoms with Crippen molar-refractivity contribution < 1.29 is 9.21 Å². The molecule has 6 rings (SSSR count). The first-order chi connectivity index (χ1) is 17.2. The Balaban J connectivity index is 1.52. The minimum absolute atomic E-state index is 0.0538. The van der Waals surface area contributed by atoms with E-state index in [1.165, 1.54) is 5.69 Å². The molecule has 0 saturated heterocycles. The smallest absolute Gasteiger partial charge is 0.162 e. The van der Waals surface area contributed by atoms with E-state index in [-0.39, 0.29) is 17.6 Å². The maximum absolute atomic E-state index is 13.8. The lowest BCUT2D eigenvalue weighted by molar-refractivity contribution is -0.116. The summed E-state index contributed by atoms with van der Waals surface area (Å²) in [4.78, 5) is 20.7.